The zero-order chi connectivity index (χ0) is 22.2. The van der Waals surface area contributed by atoms with E-state index in [1.165, 1.54) is 0 Å². The van der Waals surface area contributed by atoms with Gasteiger partial charge >= 0.3 is 5.97 Å². The van der Waals surface area contributed by atoms with Gasteiger partial charge in [0.05, 0.1) is 35.8 Å². The molecule has 2 saturated heterocycles. The number of rotatable bonds is 6. The summed E-state index contributed by atoms with van der Waals surface area (Å²) in [5.41, 5.74) is 3.86. The van der Waals surface area contributed by atoms with Crippen LogP contribution < -0.4 is 5.56 Å². The minimum Gasteiger partial charge on any atom is -0.478 e. The second-order valence-corrected chi connectivity index (χ2v) is 8.91. The fourth-order valence-electron chi connectivity index (χ4n) is 4.83. The number of aromatic amines is 1. The number of H-pyrrole nitrogens is 1. The van der Waals surface area contributed by atoms with Crippen LogP contribution in [0.4, 0.5) is 0 Å². The van der Waals surface area contributed by atoms with Crippen LogP contribution in [0.15, 0.2) is 35.1 Å². The van der Waals surface area contributed by atoms with Crippen molar-refractivity contribution in [2.24, 2.45) is 0 Å². The number of ether oxygens (including phenoxy) is 1. The number of benzene rings is 1. The number of imidazole rings is 1. The van der Waals surface area contributed by atoms with Gasteiger partial charge in [-0.1, -0.05) is 6.07 Å². The number of piperidine rings is 1. The van der Waals surface area contributed by atoms with E-state index < -0.39 is 5.97 Å². The number of pyridine rings is 1. The Labute approximate surface area is 185 Å². The number of aromatic carboxylic acids is 1. The Morgan fingerprint density at radius 1 is 1.25 bits per heavy atom. The summed E-state index contributed by atoms with van der Waals surface area (Å²) in [5.74, 6) is 0.389. The van der Waals surface area contributed by atoms with Crippen molar-refractivity contribution in [3.63, 3.8) is 0 Å². The topological polar surface area (TPSA) is 100 Å². The van der Waals surface area contributed by atoms with E-state index >= 15 is 0 Å². The van der Waals surface area contributed by atoms with Crippen molar-refractivity contribution in [2.45, 2.75) is 51.3 Å². The highest BCUT2D eigenvalue weighted by Gasteiger charge is 2.26. The van der Waals surface area contributed by atoms with Crippen LogP contribution in [-0.2, 0) is 17.8 Å². The lowest BCUT2D eigenvalue weighted by atomic mass is 9.93. The fourth-order valence-corrected chi connectivity index (χ4v) is 4.83. The fraction of sp³-hybridized carbons (Fsp3) is 0.458. The molecule has 8 nitrogen and oxygen atoms in total. The predicted molar refractivity (Wildman–Crippen MR) is 120 cm³/mol. The molecular formula is C24H28N4O4. The Morgan fingerprint density at radius 3 is 2.69 bits per heavy atom. The van der Waals surface area contributed by atoms with Crippen molar-refractivity contribution in [2.75, 3.05) is 19.7 Å². The van der Waals surface area contributed by atoms with E-state index in [1.807, 2.05) is 19.1 Å². The number of nitrogens with zero attached hydrogens (tertiary/aromatic N) is 3. The third-order valence-corrected chi connectivity index (χ3v) is 6.73. The maximum atomic E-state index is 11.6. The van der Waals surface area contributed by atoms with Crippen molar-refractivity contribution in [3.8, 4) is 0 Å². The summed E-state index contributed by atoms with van der Waals surface area (Å²) in [6.07, 6.45) is 3.13. The number of likely N-dealkylation sites (tertiary alicyclic amines) is 1. The molecule has 1 atom stereocenters. The summed E-state index contributed by atoms with van der Waals surface area (Å²) in [4.78, 5) is 33.6. The van der Waals surface area contributed by atoms with Crippen molar-refractivity contribution in [1.29, 1.82) is 0 Å². The van der Waals surface area contributed by atoms with Gasteiger partial charge in [-0.15, -0.1) is 0 Å². The SMILES string of the molecule is Cc1cc(C(=O)O)cc2c1nc(CN1CCC(c3cccc(=O)[nH]3)CC1)n2C[C@@H]1CCO1. The summed E-state index contributed by atoms with van der Waals surface area (Å²) in [6, 6.07) is 8.80. The van der Waals surface area contributed by atoms with Crippen LogP contribution in [0, 0.1) is 6.92 Å². The lowest BCUT2D eigenvalue weighted by Crippen LogP contribution is -2.35. The maximum Gasteiger partial charge on any atom is 0.335 e. The van der Waals surface area contributed by atoms with Gasteiger partial charge in [0.15, 0.2) is 0 Å². The smallest absolute Gasteiger partial charge is 0.335 e. The molecule has 0 saturated carbocycles. The predicted octanol–water partition coefficient (Wildman–Crippen LogP) is 2.90. The molecule has 0 amide bonds. The molecule has 0 spiro atoms. The van der Waals surface area contributed by atoms with Crippen LogP contribution in [0.1, 0.15) is 52.6 Å². The van der Waals surface area contributed by atoms with E-state index in [2.05, 4.69) is 14.5 Å². The van der Waals surface area contributed by atoms with E-state index in [0.29, 0.717) is 19.0 Å². The van der Waals surface area contributed by atoms with E-state index in [0.717, 1.165) is 67.1 Å². The van der Waals surface area contributed by atoms with Gasteiger partial charge in [-0.2, -0.15) is 0 Å². The third kappa shape index (κ3) is 4.08. The molecule has 0 radical (unpaired) electrons. The molecule has 2 N–H and O–H groups in total. The second-order valence-electron chi connectivity index (χ2n) is 8.91. The Balaban J connectivity index is 1.38. The van der Waals surface area contributed by atoms with Gasteiger partial charge in [-0.3, -0.25) is 9.69 Å². The molecule has 0 bridgehead atoms. The molecular weight excluding hydrogens is 408 g/mol. The van der Waals surface area contributed by atoms with E-state index in [-0.39, 0.29) is 17.2 Å². The first-order chi connectivity index (χ1) is 15.5. The molecule has 168 valence electrons. The molecule has 2 aromatic heterocycles. The Kier molecular flexibility index (Phi) is 5.57. The zero-order valence-electron chi connectivity index (χ0n) is 18.2. The Bertz CT molecular complexity index is 1200. The Hall–Kier alpha value is -2.97. The number of aryl methyl sites for hydroxylation is 1. The van der Waals surface area contributed by atoms with Gasteiger partial charge in [0.1, 0.15) is 5.82 Å². The molecule has 2 aliphatic heterocycles. The van der Waals surface area contributed by atoms with Crippen molar-refractivity contribution in [3.05, 3.63) is 63.3 Å². The van der Waals surface area contributed by atoms with E-state index in [1.54, 1.807) is 18.2 Å². The molecule has 4 heterocycles. The van der Waals surface area contributed by atoms with Gasteiger partial charge < -0.3 is 19.4 Å². The number of fused-ring (bicyclic) bond motifs is 1. The molecule has 0 unspecified atom stereocenters. The van der Waals surface area contributed by atoms with Crippen LogP contribution in [0.3, 0.4) is 0 Å². The zero-order valence-corrected chi connectivity index (χ0v) is 18.2. The number of carboxylic acid groups (broad SMARTS) is 1. The first-order valence-corrected chi connectivity index (χ1v) is 11.2. The van der Waals surface area contributed by atoms with Crippen molar-refractivity contribution >= 4 is 17.0 Å². The first-order valence-electron chi connectivity index (χ1n) is 11.2. The summed E-state index contributed by atoms with van der Waals surface area (Å²) >= 11 is 0. The minimum atomic E-state index is -0.926. The van der Waals surface area contributed by atoms with Crippen LogP contribution in [0.25, 0.3) is 11.0 Å². The van der Waals surface area contributed by atoms with Crippen molar-refractivity contribution < 1.29 is 14.6 Å². The van der Waals surface area contributed by atoms with Crippen LogP contribution in [0.2, 0.25) is 0 Å². The van der Waals surface area contributed by atoms with Crippen LogP contribution in [0.5, 0.6) is 0 Å². The standard InChI is InChI=1S/C24H28N4O4/c1-15-11-17(24(30)31)12-20-23(15)26-21(28(20)13-18-7-10-32-18)14-27-8-5-16(6-9-27)19-3-2-4-22(29)25-19/h2-4,11-12,16,18H,5-10,13-14H2,1H3,(H,25,29)(H,30,31)/t18-/m0/s1. The lowest BCUT2D eigenvalue weighted by molar-refractivity contribution is -0.0592. The molecule has 2 aliphatic rings. The number of hydrogen-bond donors (Lipinski definition) is 2. The maximum absolute atomic E-state index is 11.6. The first kappa shape index (κ1) is 20.9. The highest BCUT2D eigenvalue weighted by atomic mass is 16.5. The van der Waals surface area contributed by atoms with Gasteiger partial charge in [0, 0.05) is 24.3 Å². The number of nitrogens with one attached hydrogen (secondary N) is 1. The van der Waals surface area contributed by atoms with Gasteiger partial charge in [0.2, 0.25) is 5.56 Å². The van der Waals surface area contributed by atoms with Crippen molar-refractivity contribution in [1.82, 2.24) is 19.4 Å². The van der Waals surface area contributed by atoms with Gasteiger partial charge in [0.25, 0.3) is 0 Å². The molecule has 2 fully saturated rings. The molecule has 8 heteroatoms. The summed E-state index contributed by atoms with van der Waals surface area (Å²) in [6.45, 7) is 5.94. The number of aromatic nitrogens is 3. The molecule has 5 rings (SSSR count). The third-order valence-electron chi connectivity index (χ3n) is 6.73. The number of carboxylic acids is 1. The monoisotopic (exact) mass is 436 g/mol. The van der Waals surface area contributed by atoms with E-state index in [4.69, 9.17) is 9.72 Å². The molecule has 0 aliphatic carbocycles. The van der Waals surface area contributed by atoms with Crippen LogP contribution >= 0.6 is 0 Å². The highest BCUT2D eigenvalue weighted by molar-refractivity contribution is 5.93. The molecule has 32 heavy (non-hydrogen) atoms. The number of hydrogen-bond acceptors (Lipinski definition) is 5. The average molecular weight is 437 g/mol. The lowest BCUT2D eigenvalue weighted by Gasteiger charge is -2.32. The molecule has 3 aromatic rings. The average Bonchev–Trinajstić information content (AvgIpc) is 3.08. The quantitative estimate of drug-likeness (QED) is 0.616. The van der Waals surface area contributed by atoms with Gasteiger partial charge in [-0.05, 0) is 63.0 Å². The number of carbonyl (C=O) groups is 1. The molecule has 1 aromatic carbocycles. The normalized spacial score (nSPS) is 19.8. The largest absolute Gasteiger partial charge is 0.478 e. The van der Waals surface area contributed by atoms with Crippen LogP contribution in [-0.4, -0.2) is 56.3 Å². The van der Waals surface area contributed by atoms with E-state index in [9.17, 15) is 14.7 Å². The highest BCUT2D eigenvalue weighted by Crippen LogP contribution is 2.29. The second kappa shape index (κ2) is 8.52. The summed E-state index contributed by atoms with van der Waals surface area (Å²) < 4.78 is 7.82. The summed E-state index contributed by atoms with van der Waals surface area (Å²) in [5, 5.41) is 9.52. The minimum absolute atomic E-state index is 0.0482. The Morgan fingerprint density at radius 2 is 2.03 bits per heavy atom. The summed E-state index contributed by atoms with van der Waals surface area (Å²) in [7, 11) is 0. The van der Waals surface area contributed by atoms with Gasteiger partial charge in [-0.25, -0.2) is 9.78 Å².